The third-order valence-corrected chi connectivity index (χ3v) is 5.61. The molecule has 0 fully saturated rings. The van der Waals surface area contributed by atoms with Gasteiger partial charge in [0.2, 0.25) is 0 Å². The molecule has 0 amide bonds. The van der Waals surface area contributed by atoms with E-state index in [1.54, 1.807) is 7.11 Å². The number of ether oxygens (including phenoxy) is 2. The van der Waals surface area contributed by atoms with Crippen molar-refractivity contribution in [1.82, 2.24) is 15.0 Å². The monoisotopic (exact) mass is 438 g/mol. The molecule has 1 N–H and O–H groups in total. The van der Waals surface area contributed by atoms with Crippen LogP contribution in [0.15, 0.2) is 48.7 Å². The molecule has 0 saturated heterocycles. The van der Waals surface area contributed by atoms with E-state index in [1.165, 1.54) is 12.1 Å². The lowest BCUT2D eigenvalue weighted by Crippen LogP contribution is -2.43. The Kier molecular flexibility index (Phi) is 5.00. The van der Waals surface area contributed by atoms with Crippen molar-refractivity contribution >= 4 is 34.1 Å². The quantitative estimate of drug-likeness (QED) is 0.470. The Bertz CT molecular complexity index is 1220. The van der Waals surface area contributed by atoms with Gasteiger partial charge in [0.1, 0.15) is 24.1 Å². The molecule has 1 aliphatic heterocycles. The minimum absolute atomic E-state index is 0.0356. The summed E-state index contributed by atoms with van der Waals surface area (Å²) >= 11 is 5.92. The molecule has 0 radical (unpaired) electrons. The number of imidazole rings is 1. The Morgan fingerprint density at radius 2 is 2.16 bits per heavy atom. The minimum Gasteiger partial charge on any atom is -0.488 e. The summed E-state index contributed by atoms with van der Waals surface area (Å²) in [5.41, 5.74) is 3.89. The number of nitrogens with zero attached hydrogens (tertiary/aromatic N) is 3. The number of pyridine rings is 1. The van der Waals surface area contributed by atoms with Crippen molar-refractivity contribution in [2.24, 2.45) is 0 Å². The summed E-state index contributed by atoms with van der Waals surface area (Å²) in [4.78, 5) is 14.5. The van der Waals surface area contributed by atoms with E-state index in [0.29, 0.717) is 35.8 Å². The zero-order valence-electron chi connectivity index (χ0n) is 17.0. The lowest BCUT2D eigenvalue weighted by molar-refractivity contribution is 0.146. The molecule has 0 saturated carbocycles. The maximum absolute atomic E-state index is 13.9. The van der Waals surface area contributed by atoms with Gasteiger partial charge in [0.05, 0.1) is 40.0 Å². The largest absolute Gasteiger partial charge is 0.488 e. The van der Waals surface area contributed by atoms with Crippen LogP contribution < -0.4 is 9.64 Å². The number of hydrogen-bond acceptors (Lipinski definition) is 5. The number of fused-ring (bicyclic) bond motifs is 2. The highest BCUT2D eigenvalue weighted by Gasteiger charge is 2.32. The fourth-order valence-corrected chi connectivity index (χ4v) is 4.02. The van der Waals surface area contributed by atoms with Gasteiger partial charge in [-0.1, -0.05) is 23.7 Å². The maximum Gasteiger partial charge on any atom is 0.154 e. The van der Waals surface area contributed by atoms with Crippen LogP contribution in [0.4, 0.5) is 15.9 Å². The second kappa shape index (κ2) is 7.83. The van der Waals surface area contributed by atoms with E-state index in [1.807, 2.05) is 43.5 Å². The van der Waals surface area contributed by atoms with Gasteiger partial charge in [-0.15, -0.1) is 0 Å². The van der Waals surface area contributed by atoms with Crippen LogP contribution in [0.25, 0.3) is 22.4 Å². The zero-order chi connectivity index (χ0) is 21.5. The third-order valence-electron chi connectivity index (χ3n) is 5.32. The molecule has 3 heterocycles. The second-order valence-electron chi connectivity index (χ2n) is 7.51. The van der Waals surface area contributed by atoms with Gasteiger partial charge >= 0.3 is 0 Å². The molecule has 8 heteroatoms. The van der Waals surface area contributed by atoms with Crippen LogP contribution in [0.3, 0.4) is 0 Å². The van der Waals surface area contributed by atoms with Crippen molar-refractivity contribution in [3.63, 3.8) is 0 Å². The smallest absolute Gasteiger partial charge is 0.154 e. The molecule has 5 rings (SSSR count). The van der Waals surface area contributed by atoms with E-state index in [4.69, 9.17) is 21.1 Å². The first-order chi connectivity index (χ1) is 15.0. The third kappa shape index (κ3) is 3.49. The van der Waals surface area contributed by atoms with Crippen molar-refractivity contribution in [2.45, 2.75) is 13.0 Å². The number of H-pyrrole nitrogens is 1. The zero-order valence-corrected chi connectivity index (χ0v) is 17.8. The number of para-hydroxylation sites is 1. The fraction of sp³-hybridized carbons (Fsp3) is 0.217. The predicted octanol–water partition coefficient (Wildman–Crippen LogP) is 5.27. The summed E-state index contributed by atoms with van der Waals surface area (Å²) in [5.74, 6) is 1.58. The number of benzene rings is 2. The number of methoxy groups -OCH3 is 1. The summed E-state index contributed by atoms with van der Waals surface area (Å²) < 4.78 is 25.5. The first kappa shape index (κ1) is 19.8. The molecule has 0 aliphatic carbocycles. The summed E-state index contributed by atoms with van der Waals surface area (Å²) in [6, 6.07) is 12.7. The van der Waals surface area contributed by atoms with Gasteiger partial charge in [-0.25, -0.2) is 14.4 Å². The van der Waals surface area contributed by atoms with Crippen molar-refractivity contribution in [3.8, 4) is 17.1 Å². The second-order valence-corrected chi connectivity index (χ2v) is 7.91. The fourth-order valence-electron chi connectivity index (χ4n) is 3.86. The van der Waals surface area contributed by atoms with Crippen LogP contribution in [0.5, 0.6) is 5.75 Å². The summed E-state index contributed by atoms with van der Waals surface area (Å²) in [7, 11) is 1.67. The predicted molar refractivity (Wildman–Crippen MR) is 119 cm³/mol. The Morgan fingerprint density at radius 1 is 1.29 bits per heavy atom. The molecule has 0 bridgehead atoms. The first-order valence-corrected chi connectivity index (χ1v) is 10.2. The van der Waals surface area contributed by atoms with Crippen molar-refractivity contribution in [3.05, 3.63) is 65.1 Å². The standard InChI is InChI=1S/C23H20ClFN4O2/c1-13-6-7-21(26-10-13)29-14(11-30-2)12-31-22-15(4-3-5-20(22)29)23-27-18-8-16(24)17(25)9-19(18)28-23/h3-10,14H,11-12H2,1-2H3,(H,27,28)/t14-/m0/s1. The number of aryl methyl sites for hydroxylation is 1. The van der Waals surface area contributed by atoms with Gasteiger partial charge < -0.3 is 19.4 Å². The van der Waals surface area contributed by atoms with Gasteiger partial charge in [-0.05, 0) is 36.8 Å². The van der Waals surface area contributed by atoms with Gasteiger partial charge in [0.25, 0.3) is 0 Å². The van der Waals surface area contributed by atoms with E-state index in [-0.39, 0.29) is 11.1 Å². The molecule has 4 aromatic rings. The molecule has 31 heavy (non-hydrogen) atoms. The Labute approximate surface area is 183 Å². The average Bonchev–Trinajstić information content (AvgIpc) is 3.17. The van der Waals surface area contributed by atoms with Gasteiger partial charge in [-0.3, -0.25) is 0 Å². The maximum atomic E-state index is 13.9. The molecule has 2 aromatic carbocycles. The van der Waals surface area contributed by atoms with E-state index in [0.717, 1.165) is 22.6 Å². The van der Waals surface area contributed by atoms with Crippen LogP contribution in [0.1, 0.15) is 5.56 Å². The molecule has 1 atom stereocenters. The van der Waals surface area contributed by atoms with Crippen molar-refractivity contribution in [1.29, 1.82) is 0 Å². The molecule has 6 nitrogen and oxygen atoms in total. The summed E-state index contributed by atoms with van der Waals surface area (Å²) in [5, 5.41) is 0.0379. The number of aromatic nitrogens is 3. The van der Waals surface area contributed by atoms with E-state index in [2.05, 4.69) is 19.9 Å². The van der Waals surface area contributed by atoms with Gasteiger partial charge in [0.15, 0.2) is 5.75 Å². The summed E-state index contributed by atoms with van der Waals surface area (Å²) in [6.07, 6.45) is 1.84. The highest BCUT2D eigenvalue weighted by Crippen LogP contribution is 2.44. The highest BCUT2D eigenvalue weighted by molar-refractivity contribution is 6.31. The summed E-state index contributed by atoms with van der Waals surface area (Å²) in [6.45, 7) is 2.92. The first-order valence-electron chi connectivity index (χ1n) is 9.87. The van der Waals surface area contributed by atoms with Crippen LogP contribution in [0.2, 0.25) is 5.02 Å². The molecule has 2 aromatic heterocycles. The highest BCUT2D eigenvalue weighted by atomic mass is 35.5. The SMILES string of the molecule is COC[C@H]1COc2c(-c3nc4cc(Cl)c(F)cc4[nH]3)cccc2N1c1ccc(C)cn1. The number of anilines is 2. The Hall–Kier alpha value is -3.16. The van der Waals surface area contributed by atoms with Gasteiger partial charge in [0, 0.05) is 19.4 Å². The molecule has 0 unspecified atom stereocenters. The molecular formula is C23H20ClFN4O2. The number of hydrogen-bond donors (Lipinski definition) is 1. The van der Waals surface area contributed by atoms with Gasteiger partial charge in [-0.2, -0.15) is 0 Å². The van der Waals surface area contributed by atoms with Crippen LogP contribution in [-0.2, 0) is 4.74 Å². The topological polar surface area (TPSA) is 63.3 Å². The molecule has 0 spiro atoms. The van der Waals surface area contributed by atoms with Crippen molar-refractivity contribution in [2.75, 3.05) is 25.2 Å². The van der Waals surface area contributed by atoms with E-state index < -0.39 is 5.82 Å². The lowest BCUT2D eigenvalue weighted by atomic mass is 10.1. The minimum atomic E-state index is -0.491. The number of halogens is 2. The molecule has 1 aliphatic rings. The van der Waals surface area contributed by atoms with Crippen LogP contribution in [0, 0.1) is 12.7 Å². The van der Waals surface area contributed by atoms with E-state index >= 15 is 0 Å². The number of rotatable bonds is 4. The average molecular weight is 439 g/mol. The van der Waals surface area contributed by atoms with Crippen LogP contribution in [-0.4, -0.2) is 41.3 Å². The number of aromatic amines is 1. The Morgan fingerprint density at radius 3 is 2.94 bits per heavy atom. The molecular weight excluding hydrogens is 419 g/mol. The number of nitrogens with one attached hydrogen (secondary N) is 1. The van der Waals surface area contributed by atoms with Crippen LogP contribution >= 0.6 is 11.6 Å². The van der Waals surface area contributed by atoms with Crippen molar-refractivity contribution < 1.29 is 13.9 Å². The lowest BCUT2D eigenvalue weighted by Gasteiger charge is -2.38. The molecule has 158 valence electrons. The Balaban J connectivity index is 1.64. The van der Waals surface area contributed by atoms with E-state index in [9.17, 15) is 4.39 Å². The normalized spacial score (nSPS) is 15.7.